The average Bonchev–Trinajstić information content (AvgIpc) is 3.48. The van der Waals surface area contributed by atoms with Crippen LogP contribution in [0, 0.1) is 23.0 Å². The number of nitriles is 1. The minimum atomic E-state index is -0.843. The number of aromatic amines is 1. The van der Waals surface area contributed by atoms with Crippen LogP contribution in [0.4, 0.5) is 14.6 Å². The maximum Gasteiger partial charge on any atom is 0.296 e. The molecule has 34 heavy (non-hydrogen) atoms. The van der Waals surface area contributed by atoms with E-state index in [0.29, 0.717) is 5.52 Å². The van der Waals surface area contributed by atoms with Gasteiger partial charge in [-0.15, -0.1) is 0 Å². The number of halogens is 3. The van der Waals surface area contributed by atoms with Gasteiger partial charge in [-0.1, -0.05) is 11.6 Å². The molecule has 3 N–H and O–H groups in total. The van der Waals surface area contributed by atoms with Crippen LogP contribution in [-0.4, -0.2) is 64.3 Å². The SMILES string of the molecule is N#CCOc1cc(F)c(CNc2nc3nc(O[C@@H]4CO[C@H]5[C@@H]4OC[C@H]5O)[nH]c3cc2Cl)c(F)c1. The molecule has 0 aliphatic carbocycles. The monoisotopic (exact) mass is 493 g/mol. The van der Waals surface area contributed by atoms with Gasteiger partial charge in [-0.25, -0.2) is 13.8 Å². The fourth-order valence-corrected chi connectivity index (χ4v) is 4.10. The summed E-state index contributed by atoms with van der Waals surface area (Å²) in [4.78, 5) is 11.6. The highest BCUT2D eigenvalue weighted by Gasteiger charge is 2.48. The van der Waals surface area contributed by atoms with E-state index in [9.17, 15) is 13.9 Å². The summed E-state index contributed by atoms with van der Waals surface area (Å²) < 4.78 is 50.5. The zero-order valence-electron chi connectivity index (χ0n) is 17.4. The third kappa shape index (κ3) is 4.30. The van der Waals surface area contributed by atoms with Crippen LogP contribution >= 0.6 is 11.6 Å². The van der Waals surface area contributed by atoms with Gasteiger partial charge in [0, 0.05) is 24.2 Å². The molecule has 2 saturated heterocycles. The Kier molecular flexibility index (Phi) is 6.09. The highest BCUT2D eigenvalue weighted by atomic mass is 35.5. The lowest BCUT2D eigenvalue weighted by molar-refractivity contribution is 0.00706. The summed E-state index contributed by atoms with van der Waals surface area (Å²) in [5, 5.41) is 21.4. The standard InChI is InChI=1S/C21H18ClF2N5O5/c22-11-5-14-20(29-21(27-14)34-16-8-33-17-15(30)7-32-18(16)17)28-19(11)26-6-10-12(23)3-9(4-13(10)24)31-2-1-25/h3-5,15-18,30H,2,6-8H2,(H2,26,27,28,29)/t15-,16-,17-,18-/m1/s1. The Bertz CT molecular complexity index is 1250. The van der Waals surface area contributed by atoms with Crippen molar-refractivity contribution in [3.63, 3.8) is 0 Å². The molecular formula is C21H18ClF2N5O5. The highest BCUT2D eigenvalue weighted by Crippen LogP contribution is 2.31. The van der Waals surface area contributed by atoms with Crippen LogP contribution in [0.1, 0.15) is 5.56 Å². The maximum atomic E-state index is 14.3. The molecule has 0 amide bonds. The largest absolute Gasteiger partial charge is 0.479 e. The molecule has 10 nitrogen and oxygen atoms in total. The topological polar surface area (TPSA) is 135 Å². The number of rotatable bonds is 7. The summed E-state index contributed by atoms with van der Waals surface area (Å²) in [7, 11) is 0. The molecule has 1 aromatic carbocycles. The van der Waals surface area contributed by atoms with Crippen molar-refractivity contribution in [1.82, 2.24) is 15.0 Å². The first-order valence-electron chi connectivity index (χ1n) is 10.3. The Morgan fingerprint density at radius 1 is 1.21 bits per heavy atom. The zero-order chi connectivity index (χ0) is 23.8. The molecule has 2 aliphatic heterocycles. The molecule has 2 aliphatic rings. The van der Waals surface area contributed by atoms with Gasteiger partial charge in [0.05, 0.1) is 23.8 Å². The lowest BCUT2D eigenvalue weighted by Gasteiger charge is -2.15. The van der Waals surface area contributed by atoms with E-state index in [1.165, 1.54) is 0 Å². The van der Waals surface area contributed by atoms with Gasteiger partial charge in [0.25, 0.3) is 6.01 Å². The number of ether oxygens (including phenoxy) is 4. The van der Waals surface area contributed by atoms with Crippen molar-refractivity contribution in [1.29, 1.82) is 5.26 Å². The number of aromatic nitrogens is 3. The first-order valence-corrected chi connectivity index (χ1v) is 10.7. The number of imidazole rings is 1. The highest BCUT2D eigenvalue weighted by molar-refractivity contribution is 6.33. The second-order valence-corrected chi connectivity index (χ2v) is 8.12. The van der Waals surface area contributed by atoms with E-state index in [2.05, 4.69) is 20.3 Å². The number of nitrogens with zero attached hydrogens (tertiary/aromatic N) is 3. The number of fused-ring (bicyclic) bond motifs is 2. The van der Waals surface area contributed by atoms with Crippen LogP contribution in [0.5, 0.6) is 11.8 Å². The van der Waals surface area contributed by atoms with E-state index >= 15 is 0 Å². The van der Waals surface area contributed by atoms with E-state index in [1.807, 2.05) is 0 Å². The van der Waals surface area contributed by atoms with Gasteiger partial charge < -0.3 is 34.4 Å². The lowest BCUT2D eigenvalue weighted by atomic mass is 10.1. The summed E-state index contributed by atoms with van der Waals surface area (Å²) in [6, 6.07) is 5.45. The second-order valence-electron chi connectivity index (χ2n) is 7.72. The van der Waals surface area contributed by atoms with Gasteiger partial charge in [-0.05, 0) is 6.07 Å². The van der Waals surface area contributed by atoms with E-state index in [4.69, 9.17) is 35.8 Å². The Morgan fingerprint density at radius 2 is 1.97 bits per heavy atom. The number of anilines is 1. The summed E-state index contributed by atoms with van der Waals surface area (Å²) in [6.07, 6.45) is -2.00. The molecule has 178 valence electrons. The molecule has 2 fully saturated rings. The Labute approximate surface area is 196 Å². The Morgan fingerprint density at radius 3 is 2.74 bits per heavy atom. The van der Waals surface area contributed by atoms with Crippen molar-refractivity contribution in [2.24, 2.45) is 0 Å². The van der Waals surface area contributed by atoms with Gasteiger partial charge in [0.15, 0.2) is 18.4 Å². The third-order valence-electron chi connectivity index (χ3n) is 5.50. The van der Waals surface area contributed by atoms with Crippen molar-refractivity contribution in [2.45, 2.75) is 31.0 Å². The molecule has 5 rings (SSSR count). The smallest absolute Gasteiger partial charge is 0.296 e. The van der Waals surface area contributed by atoms with Gasteiger partial charge in [-0.3, -0.25) is 0 Å². The fourth-order valence-electron chi connectivity index (χ4n) is 3.88. The molecule has 3 aromatic rings. The quantitative estimate of drug-likeness (QED) is 0.453. The van der Waals surface area contributed by atoms with Gasteiger partial charge in [0.1, 0.15) is 47.6 Å². The molecule has 0 spiro atoms. The second kappa shape index (κ2) is 9.19. The van der Waals surface area contributed by atoms with E-state index in [-0.39, 0.29) is 60.2 Å². The minimum absolute atomic E-state index is 0.0848. The van der Waals surface area contributed by atoms with Gasteiger partial charge in [-0.2, -0.15) is 10.2 Å². The summed E-state index contributed by atoms with van der Waals surface area (Å²) in [5.74, 6) is -1.60. The normalized spacial score (nSPS) is 23.6. The van der Waals surface area contributed by atoms with Crippen LogP contribution in [-0.2, 0) is 16.0 Å². The van der Waals surface area contributed by atoms with E-state index < -0.39 is 36.1 Å². The van der Waals surface area contributed by atoms with Gasteiger partial charge >= 0.3 is 0 Å². The molecular weight excluding hydrogens is 476 g/mol. The maximum absolute atomic E-state index is 14.3. The van der Waals surface area contributed by atoms with Crippen molar-refractivity contribution < 1.29 is 32.8 Å². The number of aliphatic hydroxyl groups is 1. The molecule has 0 bridgehead atoms. The zero-order valence-corrected chi connectivity index (χ0v) is 18.2. The number of pyridine rings is 1. The fraction of sp³-hybridized carbons (Fsp3) is 0.381. The van der Waals surface area contributed by atoms with Crippen molar-refractivity contribution in [2.75, 3.05) is 25.1 Å². The molecule has 4 atom stereocenters. The summed E-state index contributed by atoms with van der Waals surface area (Å²) in [5.41, 5.74) is 0.513. The first kappa shape index (κ1) is 22.5. The lowest BCUT2D eigenvalue weighted by Crippen LogP contribution is -2.34. The molecule has 4 heterocycles. The molecule has 0 unspecified atom stereocenters. The molecule has 0 saturated carbocycles. The number of hydrogen-bond donors (Lipinski definition) is 3. The van der Waals surface area contributed by atoms with E-state index in [1.54, 1.807) is 12.1 Å². The van der Waals surface area contributed by atoms with Crippen molar-refractivity contribution in [3.05, 3.63) is 40.4 Å². The summed E-state index contributed by atoms with van der Waals surface area (Å²) in [6.45, 7) is -0.153. The molecule has 2 aromatic heterocycles. The Hall–Kier alpha value is -3.24. The Balaban J connectivity index is 1.29. The van der Waals surface area contributed by atoms with Crippen molar-refractivity contribution >= 4 is 28.6 Å². The number of hydrogen-bond acceptors (Lipinski definition) is 9. The van der Waals surface area contributed by atoms with Crippen LogP contribution in [0.3, 0.4) is 0 Å². The van der Waals surface area contributed by atoms with Crippen LogP contribution in [0.25, 0.3) is 11.2 Å². The van der Waals surface area contributed by atoms with Crippen LogP contribution < -0.4 is 14.8 Å². The van der Waals surface area contributed by atoms with E-state index in [0.717, 1.165) is 12.1 Å². The molecule has 13 heteroatoms. The van der Waals surface area contributed by atoms with Crippen LogP contribution in [0.2, 0.25) is 5.02 Å². The number of H-pyrrole nitrogens is 1. The molecule has 0 radical (unpaired) electrons. The number of aliphatic hydroxyl groups excluding tert-OH is 1. The predicted octanol–water partition coefficient (Wildman–Crippen LogP) is 2.31. The number of nitrogens with one attached hydrogen (secondary N) is 2. The van der Waals surface area contributed by atoms with Crippen molar-refractivity contribution in [3.8, 4) is 17.8 Å². The van der Waals surface area contributed by atoms with Gasteiger partial charge in [0.2, 0.25) is 0 Å². The summed E-state index contributed by atoms with van der Waals surface area (Å²) >= 11 is 6.28. The van der Waals surface area contributed by atoms with Crippen LogP contribution in [0.15, 0.2) is 18.2 Å². The first-order chi connectivity index (χ1) is 16.4. The minimum Gasteiger partial charge on any atom is -0.479 e. The number of benzene rings is 1. The third-order valence-corrected chi connectivity index (χ3v) is 5.79. The average molecular weight is 494 g/mol. The predicted molar refractivity (Wildman–Crippen MR) is 114 cm³/mol.